The van der Waals surface area contributed by atoms with Crippen molar-refractivity contribution < 1.29 is 29.3 Å². The van der Waals surface area contributed by atoms with Crippen molar-refractivity contribution in [3.63, 3.8) is 0 Å². The topological polar surface area (TPSA) is 117 Å². The maximum atomic E-state index is 11.8. The molecule has 0 radical (unpaired) electrons. The van der Waals surface area contributed by atoms with Crippen molar-refractivity contribution in [2.45, 2.75) is 32.8 Å². The van der Waals surface area contributed by atoms with E-state index in [2.05, 4.69) is 0 Å². The minimum Gasteiger partial charge on any atom is -0.507 e. The number of carboxylic acids is 1. The van der Waals surface area contributed by atoms with Crippen LogP contribution in [-0.2, 0) is 22.6 Å². The number of allylic oxidation sites excluding steroid dienone is 2. The summed E-state index contributed by atoms with van der Waals surface area (Å²) < 4.78 is 10.2. The highest BCUT2D eigenvalue weighted by Gasteiger charge is 2.33. The molecule has 0 amide bonds. The maximum absolute atomic E-state index is 11.8. The molecule has 0 saturated heterocycles. The molecule has 0 spiro atoms. The van der Waals surface area contributed by atoms with E-state index in [1.807, 2.05) is 6.07 Å². The third-order valence-corrected chi connectivity index (χ3v) is 3.88. The lowest BCUT2D eigenvalue weighted by molar-refractivity contribution is -0.136. The van der Waals surface area contributed by atoms with Crippen LogP contribution < -0.4 is 4.74 Å². The number of nitrogens with zero attached hydrogens (tertiary/aromatic N) is 1. The molecule has 1 aromatic rings. The molecule has 0 saturated carbocycles. The van der Waals surface area contributed by atoms with Gasteiger partial charge in [0, 0.05) is 17.5 Å². The summed E-state index contributed by atoms with van der Waals surface area (Å²) in [4.78, 5) is 22.4. The Morgan fingerprint density at radius 2 is 2.17 bits per heavy atom. The smallest absolute Gasteiger partial charge is 0.342 e. The molecule has 2 N–H and O–H groups in total. The molecule has 1 aliphatic rings. The summed E-state index contributed by atoms with van der Waals surface area (Å²) in [5, 5.41) is 28.5. The van der Waals surface area contributed by atoms with Gasteiger partial charge in [0.15, 0.2) is 0 Å². The van der Waals surface area contributed by atoms with E-state index in [9.17, 15) is 20.0 Å². The van der Waals surface area contributed by atoms with Gasteiger partial charge >= 0.3 is 11.9 Å². The van der Waals surface area contributed by atoms with Crippen molar-refractivity contribution in [1.82, 2.24) is 0 Å². The normalized spacial score (nSPS) is 13.2. The minimum atomic E-state index is -0.893. The number of aromatic hydroxyl groups is 1. The third-order valence-electron chi connectivity index (χ3n) is 3.88. The maximum Gasteiger partial charge on any atom is 0.342 e. The molecule has 24 heavy (non-hydrogen) atoms. The van der Waals surface area contributed by atoms with Crippen molar-refractivity contribution in [3.8, 4) is 17.6 Å². The number of cyclic esters (lactones) is 1. The molecule has 0 bridgehead atoms. The number of phenols is 1. The van der Waals surface area contributed by atoms with Crippen LogP contribution in [0.3, 0.4) is 0 Å². The average molecular weight is 331 g/mol. The molecule has 0 aromatic heterocycles. The lowest BCUT2D eigenvalue weighted by Crippen LogP contribution is -2.03. The number of benzene rings is 1. The Bertz CT molecular complexity index is 773. The van der Waals surface area contributed by atoms with E-state index in [0.29, 0.717) is 17.5 Å². The van der Waals surface area contributed by atoms with Gasteiger partial charge in [-0.15, -0.1) is 0 Å². The van der Waals surface area contributed by atoms with Crippen molar-refractivity contribution >= 4 is 11.9 Å². The number of phenolic OH excluding ortho intramolecular Hbond substituents is 1. The molecule has 1 heterocycles. The van der Waals surface area contributed by atoms with E-state index in [0.717, 1.165) is 5.57 Å². The first-order valence-electron chi connectivity index (χ1n) is 7.30. The molecule has 0 aliphatic carbocycles. The Labute approximate surface area is 138 Å². The second kappa shape index (κ2) is 7.04. The van der Waals surface area contributed by atoms with Crippen LogP contribution in [0.25, 0.3) is 0 Å². The van der Waals surface area contributed by atoms with Gasteiger partial charge in [-0.25, -0.2) is 4.79 Å². The summed E-state index contributed by atoms with van der Waals surface area (Å²) in [6.07, 6.45) is 2.33. The monoisotopic (exact) mass is 331 g/mol. The third kappa shape index (κ3) is 3.18. The zero-order valence-corrected chi connectivity index (χ0v) is 13.4. The number of hydrogen-bond donors (Lipinski definition) is 2. The first kappa shape index (κ1) is 17.3. The number of nitriles is 1. The fourth-order valence-corrected chi connectivity index (χ4v) is 2.60. The van der Waals surface area contributed by atoms with Crippen LogP contribution in [-0.4, -0.2) is 29.3 Å². The predicted octanol–water partition coefficient (Wildman–Crippen LogP) is 2.30. The SMILES string of the molecule is COc1c(C#N)c2c(c(O)c1C/C=C(\C)CCC(=O)O)C(=O)OC2. The summed E-state index contributed by atoms with van der Waals surface area (Å²) in [5.41, 5.74) is 1.62. The van der Waals surface area contributed by atoms with E-state index in [4.69, 9.17) is 14.6 Å². The molecular weight excluding hydrogens is 314 g/mol. The predicted molar refractivity (Wildman–Crippen MR) is 82.8 cm³/mol. The van der Waals surface area contributed by atoms with Crippen LogP contribution in [0.15, 0.2) is 11.6 Å². The van der Waals surface area contributed by atoms with Gasteiger partial charge < -0.3 is 19.7 Å². The van der Waals surface area contributed by atoms with E-state index >= 15 is 0 Å². The van der Waals surface area contributed by atoms with Crippen LogP contribution in [0.2, 0.25) is 0 Å². The molecule has 2 rings (SSSR count). The standard InChI is InChI=1S/C17H17NO6/c1-9(4-6-13(19)20)3-5-10-15(21)14-12(8-24-17(14)22)11(7-18)16(10)23-2/h3,21H,4-6,8H2,1-2H3,(H,19,20)/b9-3+. The average Bonchev–Trinajstić information content (AvgIpc) is 2.93. The zero-order chi connectivity index (χ0) is 17.9. The van der Waals surface area contributed by atoms with Crippen molar-refractivity contribution in [2.75, 3.05) is 7.11 Å². The fraction of sp³-hybridized carbons (Fsp3) is 0.353. The van der Waals surface area contributed by atoms with Crippen molar-refractivity contribution in [1.29, 1.82) is 5.26 Å². The number of ether oxygens (including phenoxy) is 2. The van der Waals surface area contributed by atoms with Gasteiger partial charge in [-0.2, -0.15) is 5.26 Å². The number of esters is 1. The number of methoxy groups -OCH3 is 1. The lowest BCUT2D eigenvalue weighted by atomic mass is 9.94. The molecule has 0 fully saturated rings. The van der Waals surface area contributed by atoms with Gasteiger partial charge in [-0.3, -0.25) is 4.79 Å². The van der Waals surface area contributed by atoms with Crippen LogP contribution in [0.5, 0.6) is 11.5 Å². The van der Waals surface area contributed by atoms with Crippen molar-refractivity contribution in [2.24, 2.45) is 0 Å². The van der Waals surface area contributed by atoms with Crippen molar-refractivity contribution in [3.05, 3.63) is 33.9 Å². The lowest BCUT2D eigenvalue weighted by Gasteiger charge is -2.14. The number of rotatable bonds is 6. The zero-order valence-electron chi connectivity index (χ0n) is 13.4. The first-order valence-corrected chi connectivity index (χ1v) is 7.30. The highest BCUT2D eigenvalue weighted by Crippen LogP contribution is 2.42. The van der Waals surface area contributed by atoms with E-state index in [1.165, 1.54) is 7.11 Å². The Morgan fingerprint density at radius 3 is 2.75 bits per heavy atom. The first-order chi connectivity index (χ1) is 11.4. The van der Waals surface area contributed by atoms with Crippen LogP contribution in [0.1, 0.15) is 46.8 Å². The summed E-state index contributed by atoms with van der Waals surface area (Å²) in [5.74, 6) is -1.62. The fourth-order valence-electron chi connectivity index (χ4n) is 2.60. The van der Waals surface area contributed by atoms with Crippen LogP contribution in [0.4, 0.5) is 0 Å². The van der Waals surface area contributed by atoms with Crippen LogP contribution >= 0.6 is 0 Å². The van der Waals surface area contributed by atoms with E-state index in [-0.39, 0.29) is 42.1 Å². The molecule has 0 atom stereocenters. The highest BCUT2D eigenvalue weighted by molar-refractivity contribution is 5.98. The number of hydrogen-bond acceptors (Lipinski definition) is 6. The number of carbonyl (C=O) groups is 2. The second-order valence-electron chi connectivity index (χ2n) is 5.43. The Hall–Kier alpha value is -3.01. The van der Waals surface area contributed by atoms with Gasteiger partial charge in [0.25, 0.3) is 0 Å². The highest BCUT2D eigenvalue weighted by atomic mass is 16.5. The number of carboxylic acid groups (broad SMARTS) is 1. The number of fused-ring (bicyclic) bond motifs is 1. The summed E-state index contributed by atoms with van der Waals surface area (Å²) in [7, 11) is 1.38. The minimum absolute atomic E-state index is 0.000982. The quantitative estimate of drug-likeness (QED) is 0.606. The summed E-state index contributed by atoms with van der Waals surface area (Å²) in [6, 6.07) is 2.00. The molecule has 7 nitrogen and oxygen atoms in total. The molecule has 126 valence electrons. The van der Waals surface area contributed by atoms with Gasteiger partial charge in [0.1, 0.15) is 35.3 Å². The van der Waals surface area contributed by atoms with Gasteiger partial charge in [-0.1, -0.05) is 11.6 Å². The Balaban J connectivity index is 2.45. The molecule has 1 aliphatic heterocycles. The summed E-state index contributed by atoms with van der Waals surface area (Å²) >= 11 is 0. The molecule has 7 heteroatoms. The second-order valence-corrected chi connectivity index (χ2v) is 5.43. The van der Waals surface area contributed by atoms with Gasteiger partial charge in [0.2, 0.25) is 0 Å². The Kier molecular flexibility index (Phi) is 5.09. The van der Waals surface area contributed by atoms with E-state index in [1.54, 1.807) is 13.0 Å². The van der Waals surface area contributed by atoms with E-state index < -0.39 is 11.9 Å². The molecule has 1 aromatic carbocycles. The Morgan fingerprint density at radius 1 is 1.46 bits per heavy atom. The largest absolute Gasteiger partial charge is 0.507 e. The van der Waals surface area contributed by atoms with Crippen LogP contribution in [0, 0.1) is 11.3 Å². The van der Waals surface area contributed by atoms with Gasteiger partial charge in [-0.05, 0) is 19.8 Å². The molecule has 0 unspecified atom stereocenters. The number of carbonyl (C=O) groups excluding carboxylic acids is 1. The van der Waals surface area contributed by atoms with Gasteiger partial charge in [0.05, 0.1) is 7.11 Å². The summed E-state index contributed by atoms with van der Waals surface area (Å²) in [6.45, 7) is 1.70. The number of aliphatic carboxylic acids is 1. The molecular formula is C17H17NO6.